The van der Waals surface area contributed by atoms with Crippen LogP contribution in [0.4, 0.5) is 0 Å². The summed E-state index contributed by atoms with van der Waals surface area (Å²) in [6.45, 7) is 4.07. The fourth-order valence-corrected chi connectivity index (χ4v) is 2.50. The zero-order valence-corrected chi connectivity index (χ0v) is 10.2. The molecule has 0 spiro atoms. The predicted molar refractivity (Wildman–Crippen MR) is 62.9 cm³/mol. The molecule has 0 saturated heterocycles. The van der Waals surface area contributed by atoms with Crippen LogP contribution in [0.5, 0.6) is 0 Å². The maximum Gasteiger partial charge on any atom is 0.311 e. The van der Waals surface area contributed by atoms with Gasteiger partial charge in [-0.05, 0) is 39.0 Å². The first-order valence-corrected chi connectivity index (χ1v) is 6.17. The molecule has 0 bridgehead atoms. The number of esters is 1. The van der Waals surface area contributed by atoms with Crippen molar-refractivity contribution in [2.45, 2.75) is 39.5 Å². The number of ether oxygens (including phenoxy) is 1. The van der Waals surface area contributed by atoms with Crippen molar-refractivity contribution in [3.63, 3.8) is 0 Å². The third-order valence-corrected chi connectivity index (χ3v) is 3.35. The van der Waals surface area contributed by atoms with E-state index in [1.165, 1.54) is 12.0 Å². The highest BCUT2D eigenvalue weighted by Gasteiger charge is 2.32. The van der Waals surface area contributed by atoms with Crippen LogP contribution in [0.25, 0.3) is 0 Å². The largest absolute Gasteiger partial charge is 0.466 e. The molecule has 92 valence electrons. The number of hydrogen-bond acceptors (Lipinski definition) is 3. The van der Waals surface area contributed by atoms with Gasteiger partial charge in [0.05, 0.1) is 19.1 Å². The molecule has 3 nitrogen and oxygen atoms in total. The van der Waals surface area contributed by atoms with Crippen molar-refractivity contribution < 1.29 is 14.6 Å². The quantitative estimate of drug-likeness (QED) is 0.591. The molecule has 0 heterocycles. The van der Waals surface area contributed by atoms with E-state index in [4.69, 9.17) is 4.74 Å². The maximum atomic E-state index is 11.7. The summed E-state index contributed by atoms with van der Waals surface area (Å²) in [6, 6.07) is 0. The topological polar surface area (TPSA) is 46.5 Å². The smallest absolute Gasteiger partial charge is 0.311 e. The maximum absolute atomic E-state index is 11.7. The Labute approximate surface area is 97.5 Å². The standard InChI is InChI=1S/C13H22O3/c1-3-10-7-5-6-8-11(10)12(9-14)13(15)16-4-2/h3,11-12,14H,4-9H2,1-2H3/b10-3+. The zero-order valence-electron chi connectivity index (χ0n) is 10.2. The Morgan fingerprint density at radius 2 is 2.38 bits per heavy atom. The summed E-state index contributed by atoms with van der Waals surface area (Å²) in [6.07, 6.45) is 6.46. The minimum absolute atomic E-state index is 0.110. The molecule has 0 aromatic heterocycles. The van der Waals surface area contributed by atoms with Gasteiger partial charge >= 0.3 is 5.97 Å². The van der Waals surface area contributed by atoms with Crippen LogP contribution in [0.3, 0.4) is 0 Å². The van der Waals surface area contributed by atoms with Gasteiger partial charge in [-0.2, -0.15) is 0 Å². The zero-order chi connectivity index (χ0) is 12.0. The molecule has 0 amide bonds. The SMILES string of the molecule is C/C=C1\CCCCC1C(CO)C(=O)OCC. The Kier molecular flexibility index (Phi) is 5.53. The second kappa shape index (κ2) is 6.69. The first-order valence-electron chi connectivity index (χ1n) is 6.17. The third-order valence-electron chi connectivity index (χ3n) is 3.35. The summed E-state index contributed by atoms with van der Waals surface area (Å²) in [7, 11) is 0. The molecular formula is C13H22O3. The first-order chi connectivity index (χ1) is 7.74. The number of hydrogen-bond donors (Lipinski definition) is 1. The lowest BCUT2D eigenvalue weighted by atomic mass is 9.76. The highest BCUT2D eigenvalue weighted by molar-refractivity contribution is 5.73. The lowest BCUT2D eigenvalue weighted by Crippen LogP contribution is -2.31. The molecule has 1 N–H and O–H groups in total. The lowest BCUT2D eigenvalue weighted by Gasteiger charge is -2.30. The summed E-state index contributed by atoms with van der Waals surface area (Å²) >= 11 is 0. The van der Waals surface area contributed by atoms with Crippen molar-refractivity contribution in [3.05, 3.63) is 11.6 Å². The van der Waals surface area contributed by atoms with Crippen molar-refractivity contribution >= 4 is 5.97 Å². The van der Waals surface area contributed by atoms with Gasteiger partial charge in [0.25, 0.3) is 0 Å². The van der Waals surface area contributed by atoms with Gasteiger partial charge in [-0.25, -0.2) is 0 Å². The molecule has 0 aliphatic heterocycles. The van der Waals surface area contributed by atoms with E-state index < -0.39 is 0 Å². The van der Waals surface area contributed by atoms with Crippen LogP contribution >= 0.6 is 0 Å². The van der Waals surface area contributed by atoms with E-state index >= 15 is 0 Å². The van der Waals surface area contributed by atoms with Gasteiger partial charge in [-0.15, -0.1) is 0 Å². The minimum atomic E-state index is -0.369. The van der Waals surface area contributed by atoms with Gasteiger partial charge in [-0.1, -0.05) is 18.1 Å². The van der Waals surface area contributed by atoms with Gasteiger partial charge in [0.2, 0.25) is 0 Å². The number of rotatable bonds is 4. The molecule has 16 heavy (non-hydrogen) atoms. The summed E-state index contributed by atoms with van der Waals surface area (Å²) < 4.78 is 5.01. The van der Waals surface area contributed by atoms with Crippen LogP contribution in [0.1, 0.15) is 39.5 Å². The van der Waals surface area contributed by atoms with Crippen molar-refractivity contribution in [2.75, 3.05) is 13.2 Å². The van der Waals surface area contributed by atoms with Crippen molar-refractivity contribution in [1.29, 1.82) is 0 Å². The van der Waals surface area contributed by atoms with Crippen LogP contribution in [-0.4, -0.2) is 24.3 Å². The summed E-state index contributed by atoms with van der Waals surface area (Å²) in [5.41, 5.74) is 1.30. The third kappa shape index (κ3) is 3.08. The van der Waals surface area contributed by atoms with Crippen LogP contribution in [0.15, 0.2) is 11.6 Å². The Bertz CT molecular complexity index is 258. The van der Waals surface area contributed by atoms with Gasteiger partial charge < -0.3 is 9.84 Å². The Morgan fingerprint density at radius 3 is 2.94 bits per heavy atom. The fraction of sp³-hybridized carbons (Fsp3) is 0.769. The van der Waals surface area contributed by atoms with Crippen LogP contribution in [0.2, 0.25) is 0 Å². The summed E-state index contributed by atoms with van der Waals surface area (Å²) in [5.74, 6) is -0.439. The number of aliphatic hydroxyl groups excluding tert-OH is 1. The van der Waals surface area contributed by atoms with E-state index in [-0.39, 0.29) is 24.4 Å². The Morgan fingerprint density at radius 1 is 1.62 bits per heavy atom. The van der Waals surface area contributed by atoms with Gasteiger partial charge in [0.1, 0.15) is 0 Å². The monoisotopic (exact) mass is 226 g/mol. The number of carbonyl (C=O) groups is 1. The fourth-order valence-electron chi connectivity index (χ4n) is 2.50. The van der Waals surface area contributed by atoms with E-state index in [9.17, 15) is 9.90 Å². The van der Waals surface area contributed by atoms with E-state index in [1.54, 1.807) is 6.92 Å². The molecule has 0 aromatic rings. The van der Waals surface area contributed by atoms with Crippen LogP contribution < -0.4 is 0 Å². The minimum Gasteiger partial charge on any atom is -0.466 e. The molecule has 3 heteroatoms. The Hall–Kier alpha value is -0.830. The second-order valence-electron chi connectivity index (χ2n) is 4.26. The van der Waals surface area contributed by atoms with E-state index in [2.05, 4.69) is 6.08 Å². The normalized spacial score (nSPS) is 25.4. The molecule has 1 aliphatic rings. The first kappa shape index (κ1) is 13.2. The molecule has 1 saturated carbocycles. The lowest BCUT2D eigenvalue weighted by molar-refractivity contribution is -0.151. The molecule has 1 rings (SSSR count). The predicted octanol–water partition coefficient (Wildman–Crippen LogP) is 2.29. The molecule has 1 fully saturated rings. The average molecular weight is 226 g/mol. The van der Waals surface area contributed by atoms with E-state index in [0.717, 1.165) is 19.3 Å². The van der Waals surface area contributed by atoms with Crippen LogP contribution in [0, 0.1) is 11.8 Å². The molecule has 1 aliphatic carbocycles. The summed E-state index contributed by atoms with van der Waals surface area (Å²) in [4.78, 5) is 11.7. The number of aliphatic hydroxyl groups is 1. The molecule has 0 aromatic carbocycles. The van der Waals surface area contributed by atoms with Gasteiger partial charge in [0.15, 0.2) is 0 Å². The van der Waals surface area contributed by atoms with Gasteiger partial charge in [0, 0.05) is 0 Å². The highest BCUT2D eigenvalue weighted by Crippen LogP contribution is 2.35. The summed E-state index contributed by atoms with van der Waals surface area (Å²) in [5, 5.41) is 9.36. The molecular weight excluding hydrogens is 204 g/mol. The highest BCUT2D eigenvalue weighted by atomic mass is 16.5. The number of carbonyl (C=O) groups excluding carboxylic acids is 1. The van der Waals surface area contributed by atoms with E-state index in [0.29, 0.717) is 6.61 Å². The second-order valence-corrected chi connectivity index (χ2v) is 4.26. The molecule has 0 radical (unpaired) electrons. The van der Waals surface area contributed by atoms with Crippen molar-refractivity contribution in [3.8, 4) is 0 Å². The van der Waals surface area contributed by atoms with Crippen LogP contribution in [-0.2, 0) is 9.53 Å². The van der Waals surface area contributed by atoms with Crippen molar-refractivity contribution in [2.24, 2.45) is 11.8 Å². The van der Waals surface area contributed by atoms with E-state index in [1.807, 2.05) is 6.92 Å². The van der Waals surface area contributed by atoms with Gasteiger partial charge in [-0.3, -0.25) is 4.79 Å². The average Bonchev–Trinajstić information content (AvgIpc) is 2.31. The number of allylic oxidation sites excluding steroid dienone is 2. The Balaban J connectivity index is 2.73. The van der Waals surface area contributed by atoms with Crippen molar-refractivity contribution in [1.82, 2.24) is 0 Å². The molecule has 2 atom stereocenters. The molecule has 2 unspecified atom stereocenters.